The van der Waals surface area contributed by atoms with E-state index in [2.05, 4.69) is 5.32 Å². The fourth-order valence-corrected chi connectivity index (χ4v) is 5.83. The van der Waals surface area contributed by atoms with Crippen LogP contribution in [-0.2, 0) is 26.0 Å². The molecule has 0 aromatic heterocycles. The first-order valence-electron chi connectivity index (χ1n) is 13.5. The number of aryl methyl sites for hydroxylation is 1. The Morgan fingerprint density at radius 1 is 1.00 bits per heavy atom. The van der Waals surface area contributed by atoms with Crippen LogP contribution >= 0.6 is 11.6 Å². The van der Waals surface area contributed by atoms with Crippen molar-refractivity contribution < 1.29 is 22.7 Å². The van der Waals surface area contributed by atoms with Gasteiger partial charge < -0.3 is 15.0 Å². The summed E-state index contributed by atoms with van der Waals surface area (Å²) < 4.78 is 34.5. The number of amides is 2. The van der Waals surface area contributed by atoms with Gasteiger partial charge >= 0.3 is 0 Å². The molecular weight excluding hydrogens is 562 g/mol. The summed E-state index contributed by atoms with van der Waals surface area (Å²) in [6, 6.07) is 19.6. The minimum absolute atomic E-state index is 0.0105. The largest absolute Gasteiger partial charge is 0.495 e. The predicted molar refractivity (Wildman–Crippen MR) is 163 cm³/mol. The standard InChI is InChI=1S/C31H38ClN3O5S/c1-6-23(3)33-31(37)24(4)34(19-18-25-10-8-7-9-11-25)30(36)21-35(28-20-26(32)14-17-29(28)40-5)41(38,39)27-15-12-22(2)13-16-27/h7-17,20,23-24H,6,18-19,21H2,1-5H3,(H,33,37)/t23-,24+/m1/s1. The van der Waals surface area contributed by atoms with E-state index in [4.69, 9.17) is 16.3 Å². The molecule has 8 nitrogen and oxygen atoms in total. The highest BCUT2D eigenvalue weighted by Crippen LogP contribution is 2.35. The molecule has 3 aromatic carbocycles. The summed E-state index contributed by atoms with van der Waals surface area (Å²) in [7, 11) is -2.82. The molecule has 0 fully saturated rings. The van der Waals surface area contributed by atoms with Crippen molar-refractivity contribution in [3.05, 3.63) is 88.9 Å². The highest BCUT2D eigenvalue weighted by atomic mass is 35.5. The first kappa shape index (κ1) is 32.0. The molecule has 2 amide bonds. The van der Waals surface area contributed by atoms with Gasteiger partial charge in [-0.2, -0.15) is 0 Å². The maximum atomic E-state index is 14.0. The van der Waals surface area contributed by atoms with Gasteiger partial charge in [0.1, 0.15) is 18.3 Å². The summed E-state index contributed by atoms with van der Waals surface area (Å²) in [6.07, 6.45) is 1.21. The Morgan fingerprint density at radius 3 is 2.27 bits per heavy atom. The van der Waals surface area contributed by atoms with Gasteiger partial charge in [0.2, 0.25) is 11.8 Å². The summed E-state index contributed by atoms with van der Waals surface area (Å²) in [5.74, 6) is -0.615. The highest BCUT2D eigenvalue weighted by Gasteiger charge is 2.34. The van der Waals surface area contributed by atoms with Crippen LogP contribution < -0.4 is 14.4 Å². The van der Waals surface area contributed by atoms with Crippen LogP contribution in [0.4, 0.5) is 5.69 Å². The molecule has 0 saturated heterocycles. The molecule has 0 aliphatic carbocycles. The van der Waals surface area contributed by atoms with Crippen molar-refractivity contribution in [2.24, 2.45) is 0 Å². The van der Waals surface area contributed by atoms with E-state index < -0.39 is 28.5 Å². The fraction of sp³-hybridized carbons (Fsp3) is 0.355. The van der Waals surface area contributed by atoms with Gasteiger partial charge in [-0.15, -0.1) is 0 Å². The van der Waals surface area contributed by atoms with E-state index in [1.54, 1.807) is 31.2 Å². The molecule has 2 atom stereocenters. The maximum absolute atomic E-state index is 14.0. The molecule has 0 radical (unpaired) electrons. The van der Waals surface area contributed by atoms with Crippen LogP contribution in [0.25, 0.3) is 0 Å². The summed E-state index contributed by atoms with van der Waals surface area (Å²) in [4.78, 5) is 28.6. The molecule has 0 spiro atoms. The number of sulfonamides is 1. The lowest BCUT2D eigenvalue weighted by Crippen LogP contribution is -2.53. The number of carbonyl (C=O) groups is 2. The van der Waals surface area contributed by atoms with Crippen molar-refractivity contribution >= 4 is 39.1 Å². The molecule has 1 N–H and O–H groups in total. The van der Waals surface area contributed by atoms with E-state index >= 15 is 0 Å². The molecule has 0 heterocycles. The number of nitrogens with zero attached hydrogens (tertiary/aromatic N) is 2. The van der Waals surface area contributed by atoms with Gasteiger partial charge in [0.25, 0.3) is 10.0 Å². The minimum atomic E-state index is -4.24. The number of ether oxygens (including phenoxy) is 1. The third-order valence-corrected chi connectivity index (χ3v) is 8.96. The Labute approximate surface area is 248 Å². The van der Waals surface area contributed by atoms with E-state index in [1.807, 2.05) is 51.1 Å². The van der Waals surface area contributed by atoms with Crippen LogP contribution in [0, 0.1) is 6.92 Å². The quantitative estimate of drug-likeness (QED) is 0.290. The zero-order valence-electron chi connectivity index (χ0n) is 24.1. The summed E-state index contributed by atoms with van der Waals surface area (Å²) in [6.45, 7) is 7.00. The number of nitrogens with one attached hydrogen (secondary N) is 1. The van der Waals surface area contributed by atoms with Crippen molar-refractivity contribution in [1.82, 2.24) is 10.2 Å². The third kappa shape index (κ3) is 8.24. The Morgan fingerprint density at radius 2 is 1.66 bits per heavy atom. The van der Waals surface area contributed by atoms with E-state index in [0.29, 0.717) is 6.42 Å². The van der Waals surface area contributed by atoms with Crippen LogP contribution in [0.2, 0.25) is 5.02 Å². The monoisotopic (exact) mass is 599 g/mol. The summed E-state index contributed by atoms with van der Waals surface area (Å²) in [5, 5.41) is 3.21. The zero-order valence-corrected chi connectivity index (χ0v) is 25.7. The summed E-state index contributed by atoms with van der Waals surface area (Å²) >= 11 is 6.28. The van der Waals surface area contributed by atoms with Gasteiger partial charge in [-0.05, 0) is 69.5 Å². The maximum Gasteiger partial charge on any atom is 0.264 e. The molecule has 0 unspecified atom stereocenters. The van der Waals surface area contributed by atoms with Crippen LogP contribution in [0.15, 0.2) is 77.7 Å². The number of benzene rings is 3. The van der Waals surface area contributed by atoms with Crippen LogP contribution in [0.1, 0.15) is 38.3 Å². The molecule has 0 bridgehead atoms. The lowest BCUT2D eigenvalue weighted by atomic mass is 10.1. The second-order valence-electron chi connectivity index (χ2n) is 9.96. The summed E-state index contributed by atoms with van der Waals surface area (Å²) in [5.41, 5.74) is 1.99. The van der Waals surface area contributed by atoms with Crippen molar-refractivity contribution in [3.8, 4) is 5.75 Å². The van der Waals surface area contributed by atoms with E-state index in [1.165, 1.54) is 30.2 Å². The Balaban J connectivity index is 2.04. The van der Waals surface area contributed by atoms with Crippen molar-refractivity contribution in [3.63, 3.8) is 0 Å². The van der Waals surface area contributed by atoms with Gasteiger partial charge in [-0.3, -0.25) is 13.9 Å². The molecule has 41 heavy (non-hydrogen) atoms. The Kier molecular flexibility index (Phi) is 11.2. The van der Waals surface area contributed by atoms with Crippen LogP contribution in [0.3, 0.4) is 0 Å². The second-order valence-corrected chi connectivity index (χ2v) is 12.3. The number of anilines is 1. The first-order valence-corrected chi connectivity index (χ1v) is 15.4. The number of hydrogen-bond donors (Lipinski definition) is 1. The number of methoxy groups -OCH3 is 1. The molecule has 0 aliphatic heterocycles. The van der Waals surface area contributed by atoms with E-state index in [0.717, 1.165) is 21.9 Å². The molecule has 10 heteroatoms. The SMILES string of the molecule is CC[C@@H](C)NC(=O)[C@H](C)N(CCc1ccccc1)C(=O)CN(c1cc(Cl)ccc1OC)S(=O)(=O)c1ccc(C)cc1. The second kappa shape index (κ2) is 14.4. The van der Waals surface area contributed by atoms with Gasteiger partial charge in [0.15, 0.2) is 0 Å². The van der Waals surface area contributed by atoms with Crippen molar-refractivity contribution in [2.45, 2.75) is 57.5 Å². The molecular formula is C31H38ClN3O5S. The fourth-order valence-electron chi connectivity index (χ4n) is 4.24. The Bertz CT molecular complexity index is 1430. The van der Waals surface area contributed by atoms with Gasteiger partial charge in [-0.1, -0.05) is 66.6 Å². The topological polar surface area (TPSA) is 96.0 Å². The van der Waals surface area contributed by atoms with Gasteiger partial charge in [0.05, 0.1) is 17.7 Å². The van der Waals surface area contributed by atoms with Crippen molar-refractivity contribution in [2.75, 3.05) is 24.5 Å². The molecule has 3 aromatic rings. The number of rotatable bonds is 13. The lowest BCUT2D eigenvalue weighted by molar-refractivity contribution is -0.139. The number of hydrogen-bond acceptors (Lipinski definition) is 5. The minimum Gasteiger partial charge on any atom is -0.495 e. The smallest absolute Gasteiger partial charge is 0.264 e. The van der Waals surface area contributed by atoms with Gasteiger partial charge in [-0.25, -0.2) is 8.42 Å². The third-order valence-electron chi connectivity index (χ3n) is 6.95. The average molecular weight is 600 g/mol. The number of halogens is 1. The average Bonchev–Trinajstić information content (AvgIpc) is 2.96. The Hall–Kier alpha value is -3.56. The first-order chi connectivity index (χ1) is 19.5. The lowest BCUT2D eigenvalue weighted by Gasteiger charge is -2.32. The molecule has 0 aliphatic rings. The van der Waals surface area contributed by atoms with Crippen LogP contribution in [0.5, 0.6) is 5.75 Å². The van der Waals surface area contributed by atoms with E-state index in [9.17, 15) is 18.0 Å². The number of carbonyl (C=O) groups excluding carboxylic acids is 2. The molecule has 3 rings (SSSR count). The zero-order chi connectivity index (χ0) is 30.2. The van der Waals surface area contributed by atoms with Crippen molar-refractivity contribution in [1.29, 1.82) is 0 Å². The molecule has 0 saturated carbocycles. The normalized spacial score (nSPS) is 12.7. The van der Waals surface area contributed by atoms with Crippen LogP contribution in [-0.4, -0.2) is 57.4 Å². The van der Waals surface area contributed by atoms with Gasteiger partial charge in [0, 0.05) is 17.6 Å². The highest BCUT2D eigenvalue weighted by molar-refractivity contribution is 7.92. The van der Waals surface area contributed by atoms with E-state index in [-0.39, 0.29) is 39.8 Å². The predicted octanol–water partition coefficient (Wildman–Crippen LogP) is 5.23. The molecule has 220 valence electrons.